The summed E-state index contributed by atoms with van der Waals surface area (Å²) in [5, 5.41) is 2.97. The molecule has 1 aromatic carbocycles. The molecule has 0 atom stereocenters. The molecule has 0 bridgehead atoms. The van der Waals surface area contributed by atoms with Crippen LogP contribution in [0.1, 0.15) is 31.0 Å². The van der Waals surface area contributed by atoms with Crippen LogP contribution >= 0.6 is 0 Å². The van der Waals surface area contributed by atoms with Crippen molar-refractivity contribution in [3.63, 3.8) is 0 Å². The predicted octanol–water partition coefficient (Wildman–Crippen LogP) is 3.24. The number of carbonyl (C=O) groups is 1. The Kier molecular flexibility index (Phi) is 6.28. The van der Waals surface area contributed by atoms with Crippen LogP contribution in [0.4, 0.5) is 4.79 Å². The van der Waals surface area contributed by atoms with Crippen molar-refractivity contribution in [2.45, 2.75) is 32.2 Å². The molecule has 2 aromatic rings. The molecule has 1 aromatic heterocycles. The Morgan fingerprint density at radius 1 is 1.27 bits per heavy atom. The Hall–Kier alpha value is -2.34. The predicted molar refractivity (Wildman–Crippen MR) is 102 cm³/mol. The van der Waals surface area contributed by atoms with Gasteiger partial charge in [-0.05, 0) is 26.2 Å². The number of carbonyl (C=O) groups excluding carboxylic acids is 1. The van der Waals surface area contributed by atoms with Crippen LogP contribution in [0.25, 0.3) is 11.4 Å². The lowest BCUT2D eigenvalue weighted by Gasteiger charge is -2.34. The number of aromatic nitrogens is 2. The quantitative estimate of drug-likeness (QED) is 0.809. The summed E-state index contributed by atoms with van der Waals surface area (Å²) >= 11 is 0. The van der Waals surface area contributed by atoms with Crippen molar-refractivity contribution in [2.24, 2.45) is 0 Å². The molecule has 3 rings (SSSR count). The highest BCUT2D eigenvalue weighted by molar-refractivity contribution is 5.74. The minimum Gasteiger partial charge on any atom is -0.385 e. The lowest BCUT2D eigenvalue weighted by molar-refractivity contribution is 0.167. The SMILES string of the molecule is COCCCNC(=O)N1CCC(n2c(C)cnc2-c2ccccc2)CC1. The summed E-state index contributed by atoms with van der Waals surface area (Å²) in [7, 11) is 1.67. The number of amides is 2. The first-order chi connectivity index (χ1) is 12.7. The molecule has 0 spiro atoms. The van der Waals surface area contributed by atoms with Gasteiger partial charge in [0.1, 0.15) is 5.82 Å². The molecular weight excluding hydrogens is 328 g/mol. The first-order valence-electron chi connectivity index (χ1n) is 9.31. The summed E-state index contributed by atoms with van der Waals surface area (Å²) < 4.78 is 7.35. The normalized spacial score (nSPS) is 15.2. The topological polar surface area (TPSA) is 59.4 Å². The second-order valence-corrected chi connectivity index (χ2v) is 6.76. The van der Waals surface area contributed by atoms with E-state index in [0.717, 1.165) is 43.7 Å². The fourth-order valence-electron chi connectivity index (χ4n) is 3.56. The smallest absolute Gasteiger partial charge is 0.317 e. The number of imidazole rings is 1. The number of urea groups is 1. The van der Waals surface area contributed by atoms with Gasteiger partial charge in [0.2, 0.25) is 0 Å². The maximum Gasteiger partial charge on any atom is 0.317 e. The summed E-state index contributed by atoms with van der Waals surface area (Å²) in [6.45, 7) is 4.98. The third-order valence-corrected chi connectivity index (χ3v) is 4.93. The monoisotopic (exact) mass is 356 g/mol. The van der Waals surface area contributed by atoms with Crippen LogP contribution in [-0.4, -0.2) is 53.8 Å². The fourth-order valence-corrected chi connectivity index (χ4v) is 3.56. The van der Waals surface area contributed by atoms with Gasteiger partial charge in [0.05, 0.1) is 0 Å². The van der Waals surface area contributed by atoms with Gasteiger partial charge in [-0.25, -0.2) is 9.78 Å². The number of ether oxygens (including phenoxy) is 1. The molecule has 1 saturated heterocycles. The molecule has 1 fully saturated rings. The fraction of sp³-hybridized carbons (Fsp3) is 0.500. The number of hydrogen-bond acceptors (Lipinski definition) is 3. The van der Waals surface area contributed by atoms with E-state index in [1.54, 1.807) is 7.11 Å². The van der Waals surface area contributed by atoms with Crippen LogP contribution in [0.2, 0.25) is 0 Å². The van der Waals surface area contributed by atoms with E-state index in [2.05, 4.69) is 33.9 Å². The lowest BCUT2D eigenvalue weighted by Crippen LogP contribution is -2.45. The molecule has 2 amide bonds. The molecule has 0 unspecified atom stereocenters. The average molecular weight is 356 g/mol. The highest BCUT2D eigenvalue weighted by Crippen LogP contribution is 2.30. The molecule has 26 heavy (non-hydrogen) atoms. The molecule has 1 N–H and O–H groups in total. The van der Waals surface area contributed by atoms with Gasteiger partial charge in [0, 0.05) is 56.8 Å². The van der Waals surface area contributed by atoms with Crippen molar-refractivity contribution >= 4 is 6.03 Å². The molecule has 1 aliphatic rings. The summed E-state index contributed by atoms with van der Waals surface area (Å²) in [6.07, 6.45) is 4.68. The highest BCUT2D eigenvalue weighted by atomic mass is 16.5. The van der Waals surface area contributed by atoms with Crippen molar-refractivity contribution in [1.29, 1.82) is 0 Å². The number of hydrogen-bond donors (Lipinski definition) is 1. The van der Waals surface area contributed by atoms with E-state index in [-0.39, 0.29) is 6.03 Å². The molecular formula is C20H28N4O2. The van der Waals surface area contributed by atoms with E-state index >= 15 is 0 Å². The first kappa shape index (κ1) is 18.5. The van der Waals surface area contributed by atoms with Crippen LogP contribution in [-0.2, 0) is 4.74 Å². The third-order valence-electron chi connectivity index (χ3n) is 4.93. The van der Waals surface area contributed by atoms with E-state index in [9.17, 15) is 4.79 Å². The number of aryl methyl sites for hydroxylation is 1. The van der Waals surface area contributed by atoms with Gasteiger partial charge in [-0.15, -0.1) is 0 Å². The number of benzene rings is 1. The standard InChI is InChI=1S/C20H28N4O2/c1-16-15-22-19(17-7-4-3-5-8-17)24(16)18-9-12-23(13-10-18)20(25)21-11-6-14-26-2/h3-5,7-8,15,18H,6,9-14H2,1-2H3,(H,21,25). The minimum absolute atomic E-state index is 0.0326. The molecule has 6 heteroatoms. The molecule has 6 nitrogen and oxygen atoms in total. The van der Waals surface area contributed by atoms with Crippen LogP contribution < -0.4 is 5.32 Å². The van der Waals surface area contributed by atoms with Gasteiger partial charge in [-0.2, -0.15) is 0 Å². The maximum absolute atomic E-state index is 12.3. The summed E-state index contributed by atoms with van der Waals surface area (Å²) in [4.78, 5) is 18.8. The summed E-state index contributed by atoms with van der Waals surface area (Å²) in [5.41, 5.74) is 2.31. The minimum atomic E-state index is 0.0326. The second-order valence-electron chi connectivity index (χ2n) is 6.76. The zero-order chi connectivity index (χ0) is 18.4. The van der Waals surface area contributed by atoms with E-state index in [1.165, 1.54) is 5.69 Å². The van der Waals surface area contributed by atoms with Gasteiger partial charge in [0.25, 0.3) is 0 Å². The van der Waals surface area contributed by atoms with Crippen molar-refractivity contribution in [2.75, 3.05) is 33.4 Å². The van der Waals surface area contributed by atoms with Crippen molar-refractivity contribution < 1.29 is 9.53 Å². The number of nitrogens with zero attached hydrogens (tertiary/aromatic N) is 3. The number of piperidine rings is 1. The average Bonchev–Trinajstić information content (AvgIpc) is 3.07. The Morgan fingerprint density at radius 3 is 2.69 bits per heavy atom. The molecule has 0 aliphatic carbocycles. The second kappa shape index (κ2) is 8.85. The van der Waals surface area contributed by atoms with Crippen molar-refractivity contribution in [3.8, 4) is 11.4 Å². The summed E-state index contributed by atoms with van der Waals surface area (Å²) in [5.74, 6) is 1.02. The van der Waals surface area contributed by atoms with Crippen LogP contribution in [0, 0.1) is 6.92 Å². The van der Waals surface area contributed by atoms with Crippen molar-refractivity contribution in [3.05, 3.63) is 42.2 Å². The number of likely N-dealkylation sites (tertiary alicyclic amines) is 1. The highest BCUT2D eigenvalue weighted by Gasteiger charge is 2.26. The molecule has 0 radical (unpaired) electrons. The van der Waals surface area contributed by atoms with Gasteiger partial charge < -0.3 is 19.5 Å². The van der Waals surface area contributed by atoms with Crippen LogP contribution in [0.3, 0.4) is 0 Å². The molecule has 0 saturated carbocycles. The van der Waals surface area contributed by atoms with Gasteiger partial charge in [-0.1, -0.05) is 30.3 Å². The lowest BCUT2D eigenvalue weighted by atomic mass is 10.0. The number of rotatable bonds is 6. The molecule has 1 aliphatic heterocycles. The van der Waals surface area contributed by atoms with Crippen molar-refractivity contribution in [1.82, 2.24) is 19.8 Å². The Bertz CT molecular complexity index is 706. The van der Waals surface area contributed by atoms with E-state index < -0.39 is 0 Å². The number of methoxy groups -OCH3 is 1. The first-order valence-corrected chi connectivity index (χ1v) is 9.31. The molecule has 140 valence electrons. The third kappa shape index (κ3) is 4.25. The van der Waals surface area contributed by atoms with E-state index in [4.69, 9.17) is 4.74 Å². The van der Waals surface area contributed by atoms with Crippen LogP contribution in [0.5, 0.6) is 0 Å². The summed E-state index contributed by atoms with van der Waals surface area (Å²) in [6, 6.07) is 10.7. The van der Waals surface area contributed by atoms with Gasteiger partial charge in [-0.3, -0.25) is 0 Å². The van der Waals surface area contributed by atoms with Gasteiger partial charge in [0.15, 0.2) is 0 Å². The largest absolute Gasteiger partial charge is 0.385 e. The Labute approximate surface area is 155 Å². The molecule has 2 heterocycles. The Morgan fingerprint density at radius 2 is 2.00 bits per heavy atom. The Balaban J connectivity index is 1.61. The number of nitrogens with one attached hydrogen (secondary N) is 1. The maximum atomic E-state index is 12.3. The zero-order valence-corrected chi connectivity index (χ0v) is 15.6. The van der Waals surface area contributed by atoms with Crippen LogP contribution in [0.15, 0.2) is 36.5 Å². The van der Waals surface area contributed by atoms with E-state index in [1.807, 2.05) is 29.3 Å². The van der Waals surface area contributed by atoms with E-state index in [0.29, 0.717) is 19.2 Å². The zero-order valence-electron chi connectivity index (χ0n) is 15.6. The van der Waals surface area contributed by atoms with Gasteiger partial charge >= 0.3 is 6.03 Å².